The molecule has 0 bridgehead atoms. The highest BCUT2D eigenvalue weighted by molar-refractivity contribution is 7.10. The minimum atomic E-state index is -0.523. The molecule has 0 saturated carbocycles. The van der Waals surface area contributed by atoms with Crippen LogP contribution >= 0.6 is 11.3 Å². The number of carbonyl (C=O) groups excluding carboxylic acids is 1. The van der Waals surface area contributed by atoms with E-state index < -0.39 is 5.91 Å². The highest BCUT2D eigenvalue weighted by Crippen LogP contribution is 2.34. The van der Waals surface area contributed by atoms with E-state index in [1.807, 2.05) is 30.3 Å². The molecular formula is C19H14N2O2S. The van der Waals surface area contributed by atoms with Gasteiger partial charge in [-0.15, -0.1) is 11.3 Å². The van der Waals surface area contributed by atoms with Crippen molar-refractivity contribution in [3.05, 3.63) is 87.1 Å². The number of benzene rings is 2. The van der Waals surface area contributed by atoms with Crippen LogP contribution in [-0.2, 0) is 6.42 Å². The van der Waals surface area contributed by atoms with E-state index in [-0.39, 0.29) is 0 Å². The van der Waals surface area contributed by atoms with Gasteiger partial charge in [0.25, 0.3) is 5.91 Å². The van der Waals surface area contributed by atoms with Gasteiger partial charge in [0.2, 0.25) is 0 Å². The van der Waals surface area contributed by atoms with Crippen LogP contribution in [0, 0.1) is 0 Å². The Labute approximate surface area is 143 Å². The van der Waals surface area contributed by atoms with Crippen molar-refractivity contribution < 1.29 is 10.0 Å². The van der Waals surface area contributed by atoms with Gasteiger partial charge in [-0.25, -0.2) is 10.5 Å². The Morgan fingerprint density at radius 3 is 2.67 bits per heavy atom. The van der Waals surface area contributed by atoms with Crippen LogP contribution in [0.4, 0.5) is 5.69 Å². The van der Waals surface area contributed by atoms with Crippen molar-refractivity contribution in [2.24, 2.45) is 4.99 Å². The minimum absolute atomic E-state index is 0.403. The molecule has 24 heavy (non-hydrogen) atoms. The van der Waals surface area contributed by atoms with E-state index >= 15 is 0 Å². The molecule has 2 N–H and O–H groups in total. The largest absolute Gasteiger partial charge is 0.288 e. The number of thiophene rings is 1. The maximum Gasteiger partial charge on any atom is 0.274 e. The molecule has 2 aromatic carbocycles. The molecule has 4 nitrogen and oxygen atoms in total. The number of fused-ring (bicyclic) bond motifs is 2. The summed E-state index contributed by atoms with van der Waals surface area (Å²) in [6.45, 7) is 0. The summed E-state index contributed by atoms with van der Waals surface area (Å²) in [4.78, 5) is 17.6. The first-order chi connectivity index (χ1) is 11.8. The standard InChI is InChI=1S/C19H14N2O2S/c22-19(21-23)13-7-5-12(6-8-13)18-15-4-2-1-3-14(15)11-17-16(20-18)9-10-24-17/h1-10,23H,11H2,(H,21,22). The third-order valence-corrected chi connectivity index (χ3v) is 5.01. The van der Waals surface area contributed by atoms with Crippen LogP contribution in [0.5, 0.6) is 0 Å². The topological polar surface area (TPSA) is 61.7 Å². The van der Waals surface area contributed by atoms with Crippen LogP contribution in [0.1, 0.15) is 31.9 Å². The average molecular weight is 334 g/mol. The van der Waals surface area contributed by atoms with Gasteiger partial charge in [-0.3, -0.25) is 10.0 Å². The van der Waals surface area contributed by atoms with E-state index in [1.54, 1.807) is 28.9 Å². The second-order valence-corrected chi connectivity index (χ2v) is 6.54. The lowest BCUT2D eigenvalue weighted by Gasteiger charge is -2.10. The summed E-state index contributed by atoms with van der Waals surface area (Å²) in [6, 6.07) is 17.4. The molecule has 0 atom stereocenters. The fourth-order valence-electron chi connectivity index (χ4n) is 2.89. The quantitative estimate of drug-likeness (QED) is 0.431. The monoisotopic (exact) mass is 334 g/mol. The average Bonchev–Trinajstić information content (AvgIpc) is 3.00. The first-order valence-corrected chi connectivity index (χ1v) is 8.42. The number of hydrogen-bond donors (Lipinski definition) is 2. The lowest BCUT2D eigenvalue weighted by Crippen LogP contribution is -2.18. The molecule has 1 aromatic heterocycles. The lowest BCUT2D eigenvalue weighted by atomic mass is 9.96. The molecule has 1 aliphatic rings. The molecule has 0 saturated heterocycles. The number of rotatable bonds is 2. The van der Waals surface area contributed by atoms with E-state index in [4.69, 9.17) is 10.2 Å². The number of hydrogen-bond acceptors (Lipinski definition) is 4. The van der Waals surface area contributed by atoms with Crippen LogP contribution in [0.2, 0.25) is 0 Å². The van der Waals surface area contributed by atoms with E-state index in [1.165, 1.54) is 10.4 Å². The maximum atomic E-state index is 11.5. The van der Waals surface area contributed by atoms with Crippen molar-refractivity contribution >= 4 is 28.6 Å². The molecule has 5 heteroatoms. The molecule has 0 unspecified atom stereocenters. The molecule has 4 rings (SSSR count). The van der Waals surface area contributed by atoms with E-state index in [2.05, 4.69) is 17.5 Å². The van der Waals surface area contributed by atoms with Gasteiger partial charge >= 0.3 is 0 Å². The molecule has 0 fully saturated rings. The Balaban J connectivity index is 1.85. The summed E-state index contributed by atoms with van der Waals surface area (Å²) in [5.74, 6) is -0.523. The molecule has 0 aliphatic carbocycles. The van der Waals surface area contributed by atoms with Crippen molar-refractivity contribution in [3.8, 4) is 0 Å². The predicted octanol–water partition coefficient (Wildman–Crippen LogP) is 3.94. The minimum Gasteiger partial charge on any atom is -0.288 e. The van der Waals surface area contributed by atoms with Gasteiger partial charge in [0.15, 0.2) is 0 Å². The number of hydroxylamine groups is 1. The Morgan fingerprint density at radius 1 is 1.08 bits per heavy atom. The van der Waals surface area contributed by atoms with Crippen molar-refractivity contribution in [2.45, 2.75) is 6.42 Å². The van der Waals surface area contributed by atoms with Crippen LogP contribution < -0.4 is 5.48 Å². The van der Waals surface area contributed by atoms with Crippen molar-refractivity contribution in [1.82, 2.24) is 5.48 Å². The Morgan fingerprint density at radius 2 is 1.88 bits per heavy atom. The summed E-state index contributed by atoms with van der Waals surface area (Å²) < 4.78 is 0. The van der Waals surface area contributed by atoms with Gasteiger partial charge in [0, 0.05) is 28.0 Å². The molecule has 1 aliphatic heterocycles. The molecule has 0 radical (unpaired) electrons. The Kier molecular flexibility index (Phi) is 3.72. The van der Waals surface area contributed by atoms with Gasteiger partial charge in [-0.1, -0.05) is 36.4 Å². The fourth-order valence-corrected chi connectivity index (χ4v) is 3.72. The first kappa shape index (κ1) is 14.8. The zero-order valence-electron chi connectivity index (χ0n) is 12.7. The third-order valence-electron chi connectivity index (χ3n) is 4.10. The summed E-state index contributed by atoms with van der Waals surface area (Å²) in [5.41, 5.74) is 7.25. The summed E-state index contributed by atoms with van der Waals surface area (Å²) in [6.07, 6.45) is 0.876. The smallest absolute Gasteiger partial charge is 0.274 e. The number of amides is 1. The van der Waals surface area contributed by atoms with Gasteiger partial charge < -0.3 is 0 Å². The lowest BCUT2D eigenvalue weighted by molar-refractivity contribution is 0.0706. The Bertz CT molecular complexity index is 942. The number of nitrogens with zero attached hydrogens (tertiary/aromatic N) is 1. The zero-order valence-corrected chi connectivity index (χ0v) is 13.5. The van der Waals surface area contributed by atoms with Gasteiger partial charge in [-0.2, -0.15) is 0 Å². The highest BCUT2D eigenvalue weighted by Gasteiger charge is 2.18. The van der Waals surface area contributed by atoms with E-state index in [0.29, 0.717) is 5.56 Å². The number of aliphatic imine (C=N–C) groups is 1. The second kappa shape index (κ2) is 6.03. The van der Waals surface area contributed by atoms with Crippen molar-refractivity contribution in [2.75, 3.05) is 0 Å². The van der Waals surface area contributed by atoms with Gasteiger partial charge in [0.1, 0.15) is 0 Å². The zero-order chi connectivity index (χ0) is 16.5. The van der Waals surface area contributed by atoms with Crippen LogP contribution in [-0.4, -0.2) is 16.8 Å². The van der Waals surface area contributed by atoms with Crippen molar-refractivity contribution in [3.63, 3.8) is 0 Å². The normalized spacial score (nSPS) is 12.6. The molecule has 1 amide bonds. The van der Waals surface area contributed by atoms with E-state index in [9.17, 15) is 4.79 Å². The molecular weight excluding hydrogens is 320 g/mol. The highest BCUT2D eigenvalue weighted by atomic mass is 32.1. The third kappa shape index (κ3) is 2.54. The van der Waals surface area contributed by atoms with E-state index in [0.717, 1.165) is 28.9 Å². The van der Waals surface area contributed by atoms with Crippen LogP contribution in [0.3, 0.4) is 0 Å². The fraction of sp³-hybridized carbons (Fsp3) is 0.0526. The number of nitrogens with one attached hydrogen (secondary N) is 1. The summed E-state index contributed by atoms with van der Waals surface area (Å²) >= 11 is 1.72. The molecule has 118 valence electrons. The second-order valence-electron chi connectivity index (χ2n) is 5.54. The summed E-state index contributed by atoms with van der Waals surface area (Å²) in [7, 11) is 0. The van der Waals surface area contributed by atoms with Crippen LogP contribution in [0.25, 0.3) is 0 Å². The van der Waals surface area contributed by atoms with Gasteiger partial charge in [-0.05, 0) is 29.1 Å². The molecule has 2 heterocycles. The molecule has 3 aromatic rings. The van der Waals surface area contributed by atoms with Crippen LogP contribution in [0.15, 0.2) is 65.0 Å². The van der Waals surface area contributed by atoms with Crippen molar-refractivity contribution in [1.29, 1.82) is 0 Å². The SMILES string of the molecule is O=C(NO)c1ccc(C2=Nc3ccsc3Cc3ccccc32)cc1. The number of carbonyl (C=O) groups is 1. The predicted molar refractivity (Wildman–Crippen MR) is 94.6 cm³/mol. The first-order valence-electron chi connectivity index (χ1n) is 7.54. The molecule has 0 spiro atoms. The van der Waals surface area contributed by atoms with Gasteiger partial charge in [0.05, 0.1) is 11.4 Å². The Hall–Kier alpha value is -2.76. The summed E-state index contributed by atoms with van der Waals surface area (Å²) in [5, 5.41) is 10.8. The maximum absolute atomic E-state index is 11.5.